The van der Waals surface area contributed by atoms with Gasteiger partial charge in [-0.2, -0.15) is 4.98 Å². The van der Waals surface area contributed by atoms with Crippen LogP contribution >= 0.6 is 0 Å². The summed E-state index contributed by atoms with van der Waals surface area (Å²) in [5, 5.41) is 17.1. The lowest BCUT2D eigenvalue weighted by Crippen LogP contribution is -2.17. The number of aromatic nitrogens is 2. The van der Waals surface area contributed by atoms with Crippen LogP contribution < -0.4 is 21.4 Å². The molecule has 1 aromatic heterocycles. The first-order valence-electron chi connectivity index (χ1n) is 13.1. The third kappa shape index (κ3) is 8.75. The van der Waals surface area contributed by atoms with E-state index in [-0.39, 0.29) is 17.2 Å². The van der Waals surface area contributed by atoms with E-state index in [1.54, 1.807) is 74.1 Å². The summed E-state index contributed by atoms with van der Waals surface area (Å²) >= 11 is 0. The summed E-state index contributed by atoms with van der Waals surface area (Å²) in [4.78, 5) is 32.3. The Hall–Kier alpha value is -4.03. The van der Waals surface area contributed by atoms with Gasteiger partial charge in [-0.25, -0.2) is 18.9 Å². The van der Waals surface area contributed by atoms with E-state index in [0.29, 0.717) is 48.1 Å². The molecule has 3 aromatic rings. The number of hydroxylamine groups is 1. The molecule has 0 spiro atoms. The zero-order chi connectivity index (χ0) is 29.1. The number of aryl methyl sites for hydroxylation is 1. The average molecular weight is 569 g/mol. The van der Waals surface area contributed by atoms with Crippen LogP contribution in [0.5, 0.6) is 0 Å². The molecule has 214 valence electrons. The normalized spacial score (nSPS) is 11.2. The zero-order valence-corrected chi connectivity index (χ0v) is 23.7. The van der Waals surface area contributed by atoms with Gasteiger partial charge in [0, 0.05) is 36.0 Å². The van der Waals surface area contributed by atoms with Gasteiger partial charge in [0.05, 0.1) is 15.8 Å². The fourth-order valence-electron chi connectivity index (χ4n) is 3.80. The lowest BCUT2D eigenvalue weighted by atomic mass is 10.1. The number of nitrogens with zero attached hydrogens (tertiary/aromatic N) is 2. The van der Waals surface area contributed by atoms with Crippen LogP contribution in [0.2, 0.25) is 0 Å². The first-order chi connectivity index (χ1) is 19.1. The van der Waals surface area contributed by atoms with Crippen LogP contribution in [0.25, 0.3) is 0 Å². The number of unbranched alkanes of at least 4 members (excludes halogenated alkanes) is 3. The van der Waals surface area contributed by atoms with Gasteiger partial charge in [-0.1, -0.05) is 25.0 Å². The fraction of sp³-hybridized carbons (Fsp3) is 0.357. The molecular weight excluding hydrogens is 532 g/mol. The monoisotopic (exact) mass is 568 g/mol. The molecule has 11 nitrogen and oxygen atoms in total. The molecule has 3 rings (SSSR count). The molecule has 0 saturated carbocycles. The van der Waals surface area contributed by atoms with Crippen LogP contribution in [0.1, 0.15) is 57.9 Å². The standard InChI is InChI=1S/C28H36N6O5S/c1-19(2)40(38,39)24-11-9-8-10-23(24)32-27-20(3)18-29-28(33-27)31-22-16-14-21(15-17-22)30-25(35)12-6-4-5-7-13-26(36)34-37/h8-11,14-19,37H,4-7,12-13H2,1-3H3,(H,30,35)(H,34,36)(H2,29,31,32,33). The van der Waals surface area contributed by atoms with Crippen molar-refractivity contribution in [2.24, 2.45) is 0 Å². The molecule has 0 aliphatic rings. The minimum Gasteiger partial charge on any atom is -0.339 e. The van der Waals surface area contributed by atoms with Crippen LogP contribution in [0.4, 0.5) is 28.8 Å². The number of hydrogen-bond donors (Lipinski definition) is 5. The van der Waals surface area contributed by atoms with Crippen LogP contribution in [-0.2, 0) is 19.4 Å². The van der Waals surface area contributed by atoms with Gasteiger partial charge in [-0.05, 0) is 70.0 Å². The number of anilines is 5. The zero-order valence-electron chi connectivity index (χ0n) is 22.9. The highest BCUT2D eigenvalue weighted by atomic mass is 32.2. The number of carbonyl (C=O) groups is 2. The van der Waals surface area contributed by atoms with E-state index in [9.17, 15) is 18.0 Å². The highest BCUT2D eigenvalue weighted by Gasteiger charge is 2.23. The lowest BCUT2D eigenvalue weighted by Gasteiger charge is -2.16. The Labute approximate surface area is 234 Å². The largest absolute Gasteiger partial charge is 0.339 e. The summed E-state index contributed by atoms with van der Waals surface area (Å²) in [7, 11) is -3.50. The molecule has 0 atom stereocenters. The van der Waals surface area contributed by atoms with Gasteiger partial charge >= 0.3 is 0 Å². The molecule has 5 N–H and O–H groups in total. The summed E-state index contributed by atoms with van der Waals surface area (Å²) in [6.45, 7) is 5.13. The number of benzene rings is 2. The minimum atomic E-state index is -3.50. The molecule has 0 bridgehead atoms. The Morgan fingerprint density at radius 3 is 2.15 bits per heavy atom. The highest BCUT2D eigenvalue weighted by molar-refractivity contribution is 7.92. The van der Waals surface area contributed by atoms with Crippen molar-refractivity contribution in [2.45, 2.75) is 69.4 Å². The molecule has 2 aromatic carbocycles. The molecule has 2 amide bonds. The topological polar surface area (TPSA) is 162 Å². The maximum Gasteiger partial charge on any atom is 0.243 e. The van der Waals surface area contributed by atoms with Crippen molar-refractivity contribution >= 4 is 50.5 Å². The second-order valence-electron chi connectivity index (χ2n) is 9.64. The number of nitrogens with one attached hydrogen (secondary N) is 4. The molecule has 40 heavy (non-hydrogen) atoms. The molecule has 12 heteroatoms. The van der Waals surface area contributed by atoms with Crippen LogP contribution in [0, 0.1) is 6.92 Å². The SMILES string of the molecule is Cc1cnc(Nc2ccc(NC(=O)CCCCCCC(=O)NO)cc2)nc1Nc1ccccc1S(=O)(=O)C(C)C. The maximum atomic E-state index is 12.8. The highest BCUT2D eigenvalue weighted by Crippen LogP contribution is 2.29. The summed E-state index contributed by atoms with van der Waals surface area (Å²) < 4.78 is 25.6. The third-order valence-corrected chi connectivity index (χ3v) is 8.36. The lowest BCUT2D eigenvalue weighted by molar-refractivity contribution is -0.129. The Morgan fingerprint density at radius 1 is 0.875 bits per heavy atom. The van der Waals surface area contributed by atoms with Crippen molar-refractivity contribution < 1.29 is 23.2 Å². The number of rotatable bonds is 14. The predicted molar refractivity (Wildman–Crippen MR) is 155 cm³/mol. The van der Waals surface area contributed by atoms with E-state index in [1.807, 2.05) is 6.92 Å². The molecule has 0 aliphatic heterocycles. The average Bonchev–Trinajstić information content (AvgIpc) is 2.93. The number of amides is 2. The summed E-state index contributed by atoms with van der Waals surface area (Å²) in [5.41, 5.74) is 4.16. The molecular formula is C28H36N6O5S. The Bertz CT molecular complexity index is 1410. The Morgan fingerprint density at radius 2 is 1.50 bits per heavy atom. The Balaban J connectivity index is 1.57. The third-order valence-electron chi connectivity index (χ3n) is 6.15. The minimum absolute atomic E-state index is 0.0915. The molecule has 0 saturated heterocycles. The fourth-order valence-corrected chi connectivity index (χ4v) is 5.00. The van der Waals surface area contributed by atoms with E-state index in [0.717, 1.165) is 18.4 Å². The van der Waals surface area contributed by atoms with Gasteiger partial charge in [0.2, 0.25) is 17.8 Å². The summed E-state index contributed by atoms with van der Waals surface area (Å²) in [6.07, 6.45) is 5.29. The van der Waals surface area contributed by atoms with E-state index < -0.39 is 21.0 Å². The molecule has 0 unspecified atom stereocenters. The first-order valence-corrected chi connectivity index (χ1v) is 14.7. The molecule has 0 aliphatic carbocycles. The Kier molecular flexibility index (Phi) is 11.0. The first kappa shape index (κ1) is 30.5. The quantitative estimate of drug-likeness (QED) is 0.0994. The summed E-state index contributed by atoms with van der Waals surface area (Å²) in [6, 6.07) is 13.9. The van der Waals surface area contributed by atoms with Crippen molar-refractivity contribution in [2.75, 3.05) is 16.0 Å². The predicted octanol–water partition coefficient (Wildman–Crippen LogP) is 5.24. The van der Waals surface area contributed by atoms with Gasteiger partial charge in [-0.3, -0.25) is 14.8 Å². The van der Waals surface area contributed by atoms with Crippen molar-refractivity contribution in [3.63, 3.8) is 0 Å². The number of hydrogen-bond acceptors (Lipinski definition) is 9. The van der Waals surface area contributed by atoms with E-state index in [2.05, 4.69) is 25.9 Å². The van der Waals surface area contributed by atoms with E-state index in [1.165, 1.54) is 0 Å². The summed E-state index contributed by atoms with van der Waals surface area (Å²) in [5.74, 6) is 0.309. The van der Waals surface area contributed by atoms with Crippen LogP contribution in [0.3, 0.4) is 0 Å². The number of carbonyl (C=O) groups excluding carboxylic acids is 2. The van der Waals surface area contributed by atoms with E-state index in [4.69, 9.17) is 5.21 Å². The maximum absolute atomic E-state index is 12.8. The van der Waals surface area contributed by atoms with Crippen molar-refractivity contribution in [1.29, 1.82) is 0 Å². The van der Waals surface area contributed by atoms with Gasteiger partial charge < -0.3 is 16.0 Å². The molecule has 0 radical (unpaired) electrons. The second-order valence-corrected chi connectivity index (χ2v) is 12.1. The second kappa shape index (κ2) is 14.4. The van der Waals surface area contributed by atoms with Gasteiger partial charge in [0.1, 0.15) is 5.82 Å². The molecule has 1 heterocycles. The van der Waals surface area contributed by atoms with Crippen molar-refractivity contribution in [3.05, 3.63) is 60.3 Å². The van der Waals surface area contributed by atoms with Crippen molar-refractivity contribution in [3.8, 4) is 0 Å². The van der Waals surface area contributed by atoms with Gasteiger partial charge in [0.15, 0.2) is 9.84 Å². The van der Waals surface area contributed by atoms with Crippen LogP contribution in [-0.4, -0.2) is 40.7 Å². The molecule has 0 fully saturated rings. The van der Waals surface area contributed by atoms with Crippen LogP contribution in [0.15, 0.2) is 59.6 Å². The van der Waals surface area contributed by atoms with Gasteiger partial charge in [0.25, 0.3) is 0 Å². The van der Waals surface area contributed by atoms with E-state index >= 15 is 0 Å². The van der Waals surface area contributed by atoms with Crippen molar-refractivity contribution in [1.82, 2.24) is 15.4 Å². The number of sulfone groups is 1. The van der Waals surface area contributed by atoms with Gasteiger partial charge in [-0.15, -0.1) is 0 Å². The smallest absolute Gasteiger partial charge is 0.243 e. The number of para-hydroxylation sites is 1.